The quantitative estimate of drug-likeness (QED) is 0.0854. The van der Waals surface area contributed by atoms with Crippen molar-refractivity contribution in [2.75, 3.05) is 26.6 Å². The second-order valence-electron chi connectivity index (χ2n) is 11.1. The topological polar surface area (TPSA) is 228 Å². The Morgan fingerprint density at radius 2 is 1.94 bits per heavy atom. The zero-order valence-corrected chi connectivity index (χ0v) is 24.5. The molecule has 17 nitrogen and oxygen atoms in total. The van der Waals surface area contributed by atoms with Crippen LogP contribution in [0.4, 0.5) is 0 Å². The number of ether oxygens (including phenoxy) is 6. The number of hydrogen-bond donors (Lipinski definition) is 5. The van der Waals surface area contributed by atoms with Gasteiger partial charge in [-0.05, 0) is 30.2 Å². The molecule has 0 aliphatic carbocycles. The Morgan fingerprint density at radius 3 is 2.77 bits per heavy atom. The molecule has 0 amide bonds. The summed E-state index contributed by atoms with van der Waals surface area (Å²) in [5.41, 5.74) is 9.81. The van der Waals surface area contributed by atoms with Crippen molar-refractivity contribution in [3.05, 3.63) is 41.5 Å². The van der Waals surface area contributed by atoms with Crippen LogP contribution in [-0.4, -0.2) is 90.0 Å². The van der Waals surface area contributed by atoms with Crippen molar-refractivity contribution in [2.24, 2.45) is 10.7 Å². The van der Waals surface area contributed by atoms with Gasteiger partial charge in [-0.1, -0.05) is 5.92 Å². The van der Waals surface area contributed by atoms with E-state index in [0.29, 0.717) is 35.2 Å². The van der Waals surface area contributed by atoms with Crippen LogP contribution in [0, 0.1) is 11.8 Å². The van der Waals surface area contributed by atoms with Gasteiger partial charge >= 0.3 is 11.9 Å². The van der Waals surface area contributed by atoms with Gasteiger partial charge in [-0.2, -0.15) is 4.89 Å². The maximum absolute atomic E-state index is 11.9. The molecule has 5 aliphatic rings. The summed E-state index contributed by atoms with van der Waals surface area (Å²) in [5, 5.41) is 31.6. The van der Waals surface area contributed by atoms with Crippen LogP contribution in [0.2, 0.25) is 0 Å². The first-order valence-corrected chi connectivity index (χ1v) is 14.6. The van der Waals surface area contributed by atoms with Gasteiger partial charge in [0, 0.05) is 23.6 Å². The number of benzene rings is 2. The molecule has 2 bridgehead atoms. The van der Waals surface area contributed by atoms with Crippen molar-refractivity contribution in [3.8, 4) is 40.6 Å². The maximum atomic E-state index is 11.9. The number of guanidine groups is 1. The lowest BCUT2D eigenvalue weighted by molar-refractivity contribution is -0.396. The number of nitrogens with two attached hydrogens (primary N) is 1. The van der Waals surface area contributed by atoms with Gasteiger partial charge in [0.1, 0.15) is 42.8 Å². The van der Waals surface area contributed by atoms with E-state index in [0.717, 1.165) is 5.56 Å². The van der Waals surface area contributed by atoms with Crippen LogP contribution in [-0.2, 0) is 28.8 Å². The summed E-state index contributed by atoms with van der Waals surface area (Å²) < 4.78 is 34.0. The van der Waals surface area contributed by atoms with Gasteiger partial charge in [0.25, 0.3) is 5.79 Å². The SMILES string of the molecule is NC1=NCCC#CC2(O)OC(COC(=O)CC(=O)O)C(O)C(ON1)C2OOc1ccc2c(c1)C1Oc3cc4c(cc3C1CO2)OCO4. The van der Waals surface area contributed by atoms with Crippen molar-refractivity contribution in [1.29, 1.82) is 0 Å². The number of aliphatic carboxylic acids is 1. The van der Waals surface area contributed by atoms with Crippen LogP contribution >= 0.6 is 0 Å². The Balaban J connectivity index is 1.12. The number of aliphatic hydroxyl groups excluding tert-OH is 1. The molecule has 5 heterocycles. The highest BCUT2D eigenvalue weighted by Gasteiger charge is 2.57. The molecule has 7 atom stereocenters. The van der Waals surface area contributed by atoms with E-state index in [1.54, 1.807) is 24.3 Å². The van der Waals surface area contributed by atoms with Crippen molar-refractivity contribution < 1.29 is 67.9 Å². The van der Waals surface area contributed by atoms with E-state index < -0.39 is 61.3 Å². The first kappa shape index (κ1) is 30.7. The molecule has 47 heavy (non-hydrogen) atoms. The van der Waals surface area contributed by atoms with Crippen LogP contribution in [0.5, 0.6) is 28.7 Å². The molecule has 2 aromatic rings. The number of hydroxylamine groups is 1. The van der Waals surface area contributed by atoms with Crippen molar-refractivity contribution in [3.63, 3.8) is 0 Å². The Bertz CT molecular complexity index is 1670. The van der Waals surface area contributed by atoms with Crippen LogP contribution in [0.3, 0.4) is 0 Å². The van der Waals surface area contributed by atoms with E-state index in [9.17, 15) is 19.8 Å². The summed E-state index contributed by atoms with van der Waals surface area (Å²) in [7, 11) is 0. The Labute approximate surface area is 265 Å². The number of nitrogens with zero attached hydrogens (tertiary/aromatic N) is 1. The molecule has 1 saturated heterocycles. The Kier molecular flexibility index (Phi) is 8.03. The van der Waals surface area contributed by atoms with Gasteiger partial charge in [-0.3, -0.25) is 19.4 Å². The highest BCUT2D eigenvalue weighted by Crippen LogP contribution is 2.54. The number of carbonyl (C=O) groups is 2. The highest BCUT2D eigenvalue weighted by molar-refractivity contribution is 5.90. The summed E-state index contributed by atoms with van der Waals surface area (Å²) in [6.07, 6.45) is -7.45. The largest absolute Gasteiger partial charge is 0.492 e. The van der Waals surface area contributed by atoms with Crippen molar-refractivity contribution in [2.45, 2.75) is 55.1 Å². The van der Waals surface area contributed by atoms with Crippen molar-refractivity contribution >= 4 is 17.9 Å². The van der Waals surface area contributed by atoms with Gasteiger partial charge in [0.15, 0.2) is 23.4 Å². The third-order valence-corrected chi connectivity index (χ3v) is 8.00. The molecule has 248 valence electrons. The van der Waals surface area contributed by atoms with Crippen molar-refractivity contribution in [1.82, 2.24) is 5.48 Å². The summed E-state index contributed by atoms with van der Waals surface area (Å²) in [4.78, 5) is 43.7. The smallest absolute Gasteiger partial charge is 0.317 e. The van der Waals surface area contributed by atoms with Gasteiger partial charge in [-0.25, -0.2) is 5.48 Å². The van der Waals surface area contributed by atoms with Crippen LogP contribution in [0.15, 0.2) is 35.3 Å². The van der Waals surface area contributed by atoms with E-state index >= 15 is 0 Å². The fraction of sp³-hybridized carbons (Fsp3) is 0.433. The first-order valence-electron chi connectivity index (χ1n) is 14.6. The molecular weight excluding hydrogens is 626 g/mol. The third-order valence-electron chi connectivity index (χ3n) is 8.00. The minimum Gasteiger partial charge on any atom is -0.492 e. The van der Waals surface area contributed by atoms with E-state index in [4.69, 9.17) is 53.9 Å². The lowest BCUT2D eigenvalue weighted by Crippen LogP contribution is -2.67. The van der Waals surface area contributed by atoms with Crippen LogP contribution in [0.1, 0.15) is 36.0 Å². The minimum absolute atomic E-state index is 0.139. The Hall–Kier alpha value is -4.99. The number of fused-ring (bicyclic) bond motifs is 8. The van der Waals surface area contributed by atoms with Gasteiger partial charge < -0.3 is 54.4 Å². The maximum Gasteiger partial charge on any atom is 0.317 e. The fourth-order valence-corrected chi connectivity index (χ4v) is 5.79. The molecule has 0 spiro atoms. The second kappa shape index (κ2) is 12.3. The molecule has 17 heteroatoms. The molecule has 1 fully saturated rings. The predicted octanol–water partition coefficient (Wildman–Crippen LogP) is -0.218. The predicted molar refractivity (Wildman–Crippen MR) is 152 cm³/mol. The minimum atomic E-state index is -2.49. The number of nitrogens with one attached hydrogen (secondary N) is 1. The summed E-state index contributed by atoms with van der Waals surface area (Å²) in [6.45, 7) is 0.00517. The molecule has 0 saturated carbocycles. The number of carboxylic acid groups (broad SMARTS) is 1. The van der Waals surface area contributed by atoms with Gasteiger partial charge in [-0.15, -0.1) is 0 Å². The van der Waals surface area contributed by atoms with E-state index in [1.165, 1.54) is 0 Å². The van der Waals surface area contributed by atoms with Crippen LogP contribution < -0.4 is 35.0 Å². The van der Waals surface area contributed by atoms with E-state index in [2.05, 4.69) is 22.3 Å². The zero-order valence-electron chi connectivity index (χ0n) is 24.5. The first-order chi connectivity index (χ1) is 22.7. The molecule has 0 radical (unpaired) electrons. The van der Waals surface area contributed by atoms with Gasteiger partial charge in [0.2, 0.25) is 18.9 Å². The number of aliphatic hydroxyl groups is 2. The average Bonchev–Trinajstić information content (AvgIpc) is 3.65. The summed E-state index contributed by atoms with van der Waals surface area (Å²) >= 11 is 0. The normalized spacial score (nSPS) is 29.8. The number of rotatable bonds is 7. The summed E-state index contributed by atoms with van der Waals surface area (Å²) in [6, 6.07) is 8.58. The number of hydrogen-bond acceptors (Lipinski definition) is 16. The number of carbonyl (C=O) groups excluding carboxylic acids is 1. The summed E-state index contributed by atoms with van der Waals surface area (Å²) in [5.74, 6) is 2.63. The van der Waals surface area contributed by atoms with E-state index in [-0.39, 0.29) is 37.4 Å². The monoisotopic (exact) mass is 655 g/mol. The second-order valence-corrected chi connectivity index (χ2v) is 11.1. The van der Waals surface area contributed by atoms with Crippen LogP contribution in [0.25, 0.3) is 0 Å². The molecular formula is C30H29N3O14. The third kappa shape index (κ3) is 6.00. The lowest BCUT2D eigenvalue weighted by Gasteiger charge is -2.45. The molecule has 7 unspecified atom stereocenters. The van der Waals surface area contributed by atoms with E-state index in [1.807, 2.05) is 6.07 Å². The molecule has 6 N–H and O–H groups in total. The lowest BCUT2D eigenvalue weighted by atomic mass is 9.89. The molecule has 0 aromatic heterocycles. The molecule has 5 aliphatic heterocycles. The standard InChI is InChI=1S/C30H29N3O14/c31-29-32-6-2-1-5-30(38)28(27(45-33-29)25(37)22(44-30)12-40-24(36)10-23(34)35)47-46-14-3-4-18-16(7-14)26-17(11-39-18)15-8-20-21(42-13-41-20)9-19(15)43-26/h3-4,7-9,17,22,25-28,37-38H,2,6,10-13H2,(H,34,35)(H3,31,32,33). The average molecular weight is 656 g/mol. The number of esters is 1. The number of aliphatic imine (C=N–C) groups is 1. The number of carboxylic acids is 1. The molecule has 7 rings (SSSR count). The zero-order chi connectivity index (χ0) is 32.7. The fourth-order valence-electron chi connectivity index (χ4n) is 5.79. The Morgan fingerprint density at radius 1 is 1.11 bits per heavy atom. The van der Waals surface area contributed by atoms with Gasteiger partial charge in [0.05, 0.1) is 19.1 Å². The highest BCUT2D eigenvalue weighted by atomic mass is 17.2. The molecule has 2 aromatic carbocycles.